The van der Waals surface area contributed by atoms with Gasteiger partial charge in [-0.1, -0.05) is 138 Å². The number of hydrogen-bond donors (Lipinski definition) is 0. The van der Waals surface area contributed by atoms with Crippen LogP contribution in [0.3, 0.4) is 0 Å². The smallest absolute Gasteiger partial charge is 0.870 e. The molecule has 0 amide bonds. The second-order valence-corrected chi connectivity index (χ2v) is 30.4. The summed E-state index contributed by atoms with van der Waals surface area (Å²) in [5, 5.41) is 10.6. The summed E-state index contributed by atoms with van der Waals surface area (Å²) >= 11 is 0. The maximum absolute atomic E-state index is 11.9. The largest absolute Gasteiger partial charge is 1.00 e. The third-order valence-corrected chi connectivity index (χ3v) is 24.3. The quantitative estimate of drug-likeness (QED) is 0.0305. The zero-order valence-electron chi connectivity index (χ0n) is 60.9. The van der Waals surface area contributed by atoms with Crippen LogP contribution in [0.1, 0.15) is 231 Å². The van der Waals surface area contributed by atoms with Crippen molar-refractivity contribution < 1.29 is 120 Å². The van der Waals surface area contributed by atoms with E-state index in [1.54, 1.807) is 11.1 Å². The van der Waals surface area contributed by atoms with E-state index in [-0.39, 0.29) is 86.9 Å². The van der Waals surface area contributed by atoms with Gasteiger partial charge >= 0.3 is 74.9 Å². The number of carboxylic acid groups (broad SMARTS) is 1. The Morgan fingerprint density at radius 3 is 1.39 bits per heavy atom. The summed E-state index contributed by atoms with van der Waals surface area (Å²) in [6.45, 7) is 35.4. The van der Waals surface area contributed by atoms with Gasteiger partial charge in [-0.2, -0.15) is 19.2 Å². The first-order valence-electron chi connectivity index (χ1n) is 35.4. The van der Waals surface area contributed by atoms with Gasteiger partial charge in [0.1, 0.15) is 0 Å². The number of fused-ring (bicyclic) bond motifs is 10. The minimum Gasteiger partial charge on any atom is -0.870 e. The number of esters is 1. The van der Waals surface area contributed by atoms with Crippen molar-refractivity contribution in [2.24, 2.45) is 92.7 Å². The maximum atomic E-state index is 11.9. The number of carboxylic acids is 1. The van der Waals surface area contributed by atoms with Gasteiger partial charge in [0, 0.05) is 13.1 Å². The van der Waals surface area contributed by atoms with Gasteiger partial charge in [0.25, 0.3) is 0 Å². The molecule has 512 valence electrons. The molecular weight excluding hydrogens is 1150 g/mol. The minimum absolute atomic E-state index is 0. The second kappa shape index (κ2) is 44.0. The Bertz CT molecular complexity index is 2230. The first kappa shape index (κ1) is 88.7. The van der Waals surface area contributed by atoms with Crippen LogP contribution < -0.4 is 61.7 Å². The summed E-state index contributed by atoms with van der Waals surface area (Å²) < 4.78 is 29.3. The van der Waals surface area contributed by atoms with E-state index in [1.807, 2.05) is 6.92 Å². The molecule has 0 aliphatic heterocycles. The van der Waals surface area contributed by atoms with Crippen molar-refractivity contribution in [1.29, 1.82) is 0 Å². The third-order valence-electron chi connectivity index (χ3n) is 24.3. The molecular formula is C74H125Li3N2O13. The van der Waals surface area contributed by atoms with E-state index in [0.717, 1.165) is 110 Å². The molecule has 0 spiro atoms. The van der Waals surface area contributed by atoms with E-state index in [4.69, 9.17) is 42.9 Å². The van der Waals surface area contributed by atoms with Crippen LogP contribution >= 0.6 is 0 Å². The predicted octanol–water partition coefficient (Wildman–Crippen LogP) is 4.65. The van der Waals surface area contributed by atoms with E-state index >= 15 is 0 Å². The molecule has 1 N–H and O–H groups in total. The normalized spacial score (nSPS) is 31.9. The number of nitrogens with zero attached hydrogens (tertiary/aromatic N) is 2. The van der Waals surface area contributed by atoms with Crippen LogP contribution in [0.5, 0.6) is 0 Å². The maximum Gasteiger partial charge on any atom is 1.00 e. The predicted molar refractivity (Wildman–Crippen MR) is 344 cm³/mol. The van der Waals surface area contributed by atoms with Crippen molar-refractivity contribution >= 4 is 24.2 Å². The van der Waals surface area contributed by atoms with Crippen molar-refractivity contribution in [3.8, 4) is 0 Å². The van der Waals surface area contributed by atoms with Crippen LogP contribution in [0.4, 0.5) is 0 Å². The molecule has 6 saturated carbocycles. The van der Waals surface area contributed by atoms with E-state index in [0.29, 0.717) is 93.2 Å². The summed E-state index contributed by atoms with van der Waals surface area (Å²) in [4.78, 5) is 58.5. The Morgan fingerprint density at radius 2 is 1.00 bits per heavy atom. The fraction of sp³-hybridized carbons (Fsp3) is 0.878. The van der Waals surface area contributed by atoms with Crippen molar-refractivity contribution in [1.82, 2.24) is 9.80 Å². The van der Waals surface area contributed by atoms with Gasteiger partial charge in [-0.15, -0.1) is 0 Å². The van der Waals surface area contributed by atoms with Gasteiger partial charge in [-0.3, -0.25) is 16.7 Å². The topological polar surface area (TPSA) is 208 Å². The van der Waals surface area contributed by atoms with Crippen LogP contribution in [-0.2, 0) is 52.5 Å². The first-order valence-corrected chi connectivity index (χ1v) is 35.4. The average Bonchev–Trinajstić information content (AvgIpc) is 1.28. The summed E-state index contributed by atoms with van der Waals surface area (Å²) in [5.41, 5.74) is 5.24. The number of carbonyl (C=O) groups excluding carboxylic acids is 6. The van der Waals surface area contributed by atoms with Gasteiger partial charge in [0.2, 0.25) is 0 Å². The SMILES string of the molecule is CCCN(CCOCCO[C@H]1CC[C@@]2(C)C(=CC[C@H]3[C@@H]4CC[C@H]([C@H](C)CCCC(C)C)[C@@]4(C)CC[C@@H]32)C1)CC(=O)OCC.O=C=O.O=C=O.[CH2-]N(CCOCCO[C@H]1CC[C@@]2(C)C(=CC[C@H]3[C@@H]4CC[C@H]([C@H](C)CCCC(C)C)[C@@]4(C)CC[C@@H]32)C1)CC(=O)[O-].[Li+].[Li+].[Li+].[OH-]. The van der Waals surface area contributed by atoms with Crippen LogP contribution in [-0.4, -0.2) is 131 Å². The molecule has 6 fully saturated rings. The van der Waals surface area contributed by atoms with Crippen molar-refractivity contribution in [3.63, 3.8) is 0 Å². The number of rotatable bonds is 31. The molecule has 0 radical (unpaired) electrons. The monoisotopic (exact) mass is 1270 g/mol. The number of hydrogen-bond acceptors (Lipinski definition) is 15. The first-order chi connectivity index (χ1) is 42.0. The average molecular weight is 1270 g/mol. The molecule has 18 heteroatoms. The van der Waals surface area contributed by atoms with E-state index in [9.17, 15) is 14.7 Å². The molecule has 92 heavy (non-hydrogen) atoms. The molecule has 0 heterocycles. The van der Waals surface area contributed by atoms with Crippen LogP contribution in [0, 0.1) is 99.7 Å². The molecule has 0 saturated heterocycles. The molecule has 0 bridgehead atoms. The summed E-state index contributed by atoms with van der Waals surface area (Å²) in [6.07, 6.45) is 37.2. The molecule has 0 aromatic rings. The molecule has 0 aromatic heterocycles. The van der Waals surface area contributed by atoms with E-state index in [1.165, 1.54) is 127 Å². The number of carbonyl (C=O) groups is 2. The Morgan fingerprint density at radius 1 is 0.576 bits per heavy atom. The van der Waals surface area contributed by atoms with Crippen LogP contribution in [0.25, 0.3) is 0 Å². The van der Waals surface area contributed by atoms with Gasteiger partial charge in [-0.05, 0) is 222 Å². The van der Waals surface area contributed by atoms with Gasteiger partial charge in [0.15, 0.2) is 0 Å². The Kier molecular flexibility index (Phi) is 42.4. The van der Waals surface area contributed by atoms with Crippen molar-refractivity contribution in [2.75, 3.05) is 79.0 Å². The molecule has 16 atom stereocenters. The molecule has 8 aliphatic carbocycles. The zero-order chi connectivity index (χ0) is 64.7. The standard InChI is InChI=1S/C38H67NO4.C34H58NO4.2CO2.3Li.H2O/c1-8-21-39(27-36(40)42-9-2)22-23-41-24-25-43-31-17-19-37(6)30(26-31)13-14-32-34-16-15-33(29(5)12-10-11-28(3)4)38(34,7)20-18-35(32)37;1-24(2)8-7-9-25(3)29-12-13-30-28-11-10-26-22-27(39-21-20-38-19-18-35(6)23-32(36)37)14-16-33(26,4)31(28)15-17-34(29,30)5;2*2-1-3;;;;/h13,28-29,31-35H,8-12,14-27H2,1-7H3;10,24-25,27-31H,6-9,11-23H2,1-5H3,(H,36,37);;;;;;1H2/q;-1;;;3*+1;/p-2/t29-,31+,32+,33-,34+,35+,37+,38-;25-,27+,28+,29-,30+,31+,33+,34-;;;;;;/m11....../s1. The van der Waals surface area contributed by atoms with E-state index in [2.05, 4.69) is 100 Å². The summed E-state index contributed by atoms with van der Waals surface area (Å²) in [5.74, 6) is 9.33. The molecule has 15 nitrogen and oxygen atoms in total. The Hall–Kier alpha value is -1.31. The fourth-order valence-electron chi connectivity index (χ4n) is 20.0. The summed E-state index contributed by atoms with van der Waals surface area (Å²) in [6, 6.07) is 0. The van der Waals surface area contributed by atoms with Gasteiger partial charge < -0.3 is 44.0 Å². The Labute approximate surface area is 594 Å². The Balaban J connectivity index is 0.000000817. The number of ether oxygens (including phenoxy) is 5. The molecule has 8 aliphatic rings. The summed E-state index contributed by atoms with van der Waals surface area (Å²) in [7, 11) is 3.69. The van der Waals surface area contributed by atoms with Crippen molar-refractivity contribution in [2.45, 2.75) is 243 Å². The number of allylic oxidation sites excluding steroid dienone is 2. The van der Waals surface area contributed by atoms with Gasteiger partial charge in [-0.25, -0.2) is 0 Å². The third kappa shape index (κ3) is 24.5. The van der Waals surface area contributed by atoms with Crippen molar-refractivity contribution in [3.05, 3.63) is 30.3 Å². The van der Waals surface area contributed by atoms with E-state index < -0.39 is 5.97 Å². The second-order valence-electron chi connectivity index (χ2n) is 30.4. The van der Waals surface area contributed by atoms with Crippen LogP contribution in [0.2, 0.25) is 0 Å². The molecule has 0 unspecified atom stereocenters. The van der Waals surface area contributed by atoms with Crippen LogP contribution in [0.15, 0.2) is 23.3 Å². The van der Waals surface area contributed by atoms with Gasteiger partial charge in [0.05, 0.1) is 71.0 Å². The fourth-order valence-corrected chi connectivity index (χ4v) is 20.0. The molecule has 8 rings (SSSR count). The molecule has 0 aromatic carbocycles. The number of aliphatic carboxylic acids is 1. The minimum atomic E-state index is -1.11. The zero-order valence-corrected chi connectivity index (χ0v) is 60.9.